The van der Waals surface area contributed by atoms with Crippen LogP contribution in [0.1, 0.15) is 44.2 Å². The lowest BCUT2D eigenvalue weighted by molar-refractivity contribution is -0.132. The Hall–Kier alpha value is -0.870. The van der Waals surface area contributed by atoms with Gasteiger partial charge in [0.25, 0.3) is 0 Å². The van der Waals surface area contributed by atoms with E-state index in [1.165, 1.54) is 12.0 Å². The predicted octanol–water partition coefficient (Wildman–Crippen LogP) is 3.50. The topological polar surface area (TPSA) is 32.3 Å². The monoisotopic (exact) mass is 338 g/mol. The fourth-order valence-corrected chi connectivity index (χ4v) is 3.26. The van der Waals surface area contributed by atoms with Crippen molar-refractivity contribution in [3.8, 4) is 0 Å². The molecule has 1 fully saturated rings. The molecule has 0 spiro atoms. The fourth-order valence-electron chi connectivity index (χ4n) is 2.63. The minimum Gasteiger partial charge on any atom is -0.343 e. The van der Waals surface area contributed by atoms with Gasteiger partial charge in [-0.05, 0) is 37.8 Å². The smallest absolute Gasteiger partial charge is 0.223 e. The van der Waals surface area contributed by atoms with Crippen LogP contribution in [0.15, 0.2) is 28.7 Å². The van der Waals surface area contributed by atoms with Crippen LogP contribution >= 0.6 is 15.9 Å². The van der Waals surface area contributed by atoms with Crippen molar-refractivity contribution in [3.63, 3.8) is 0 Å². The zero-order chi connectivity index (χ0) is 14.4. The molecular weight excluding hydrogens is 316 g/mol. The van der Waals surface area contributed by atoms with E-state index in [1.54, 1.807) is 0 Å². The average molecular weight is 339 g/mol. The number of rotatable bonds is 5. The number of nitrogens with zero attached hydrogens (tertiary/aromatic N) is 1. The highest BCUT2D eigenvalue weighted by Gasteiger charge is 2.16. The molecule has 0 aromatic heterocycles. The number of halogens is 1. The number of carbonyl (C=O) groups excluding carboxylic acids is 1. The van der Waals surface area contributed by atoms with E-state index >= 15 is 0 Å². The standard InChI is InChI=1S/C16H23BrN2O/c1-13(14-7-3-4-8-15(14)17)18-10-9-16(20)19-11-5-2-6-12-19/h3-4,7-8,13,18H,2,5-6,9-12H2,1H3. The molecule has 110 valence electrons. The average Bonchev–Trinajstić information content (AvgIpc) is 2.48. The van der Waals surface area contributed by atoms with Gasteiger partial charge in [-0.1, -0.05) is 34.1 Å². The summed E-state index contributed by atoms with van der Waals surface area (Å²) in [5.41, 5.74) is 1.23. The summed E-state index contributed by atoms with van der Waals surface area (Å²) in [4.78, 5) is 14.1. The van der Waals surface area contributed by atoms with Crippen LogP contribution in [0.25, 0.3) is 0 Å². The lowest BCUT2D eigenvalue weighted by atomic mass is 10.1. The number of nitrogens with one attached hydrogen (secondary N) is 1. The number of piperidine rings is 1. The Morgan fingerprint density at radius 1 is 1.30 bits per heavy atom. The molecule has 4 heteroatoms. The highest BCUT2D eigenvalue weighted by atomic mass is 79.9. The Morgan fingerprint density at radius 2 is 2.00 bits per heavy atom. The summed E-state index contributed by atoms with van der Waals surface area (Å²) in [5, 5.41) is 3.43. The summed E-state index contributed by atoms with van der Waals surface area (Å²) in [6.45, 7) is 4.75. The van der Waals surface area contributed by atoms with Crippen molar-refractivity contribution in [1.82, 2.24) is 10.2 Å². The number of carbonyl (C=O) groups is 1. The first-order chi connectivity index (χ1) is 9.68. The van der Waals surface area contributed by atoms with Crippen LogP contribution < -0.4 is 5.32 Å². The van der Waals surface area contributed by atoms with Crippen molar-refractivity contribution >= 4 is 21.8 Å². The van der Waals surface area contributed by atoms with Crippen molar-refractivity contribution in [2.45, 2.75) is 38.6 Å². The SMILES string of the molecule is CC(NCCC(=O)N1CCCCC1)c1ccccc1Br. The summed E-state index contributed by atoms with van der Waals surface area (Å²) < 4.78 is 1.11. The highest BCUT2D eigenvalue weighted by molar-refractivity contribution is 9.10. The minimum atomic E-state index is 0.250. The van der Waals surface area contributed by atoms with Gasteiger partial charge in [-0.3, -0.25) is 4.79 Å². The van der Waals surface area contributed by atoms with Crippen LogP contribution in [0.2, 0.25) is 0 Å². The lowest BCUT2D eigenvalue weighted by Crippen LogP contribution is -2.37. The van der Waals surface area contributed by atoms with Crippen molar-refractivity contribution in [2.24, 2.45) is 0 Å². The van der Waals surface area contributed by atoms with Gasteiger partial charge in [-0.15, -0.1) is 0 Å². The molecular formula is C16H23BrN2O. The van der Waals surface area contributed by atoms with Crippen LogP contribution in [-0.2, 0) is 4.79 Å². The maximum absolute atomic E-state index is 12.1. The molecule has 1 unspecified atom stereocenters. The molecule has 0 saturated carbocycles. The zero-order valence-corrected chi connectivity index (χ0v) is 13.7. The third-order valence-corrected chi connectivity index (χ3v) is 4.59. The Kier molecular flexibility index (Phi) is 6.05. The second-order valence-electron chi connectivity index (χ2n) is 5.39. The van der Waals surface area contributed by atoms with E-state index in [1.807, 2.05) is 23.1 Å². The first-order valence-electron chi connectivity index (χ1n) is 7.44. The van der Waals surface area contributed by atoms with Gasteiger partial charge in [-0.25, -0.2) is 0 Å². The number of benzene rings is 1. The first-order valence-corrected chi connectivity index (χ1v) is 8.23. The molecule has 0 radical (unpaired) electrons. The second kappa shape index (κ2) is 7.79. The van der Waals surface area contributed by atoms with Gasteiger partial charge in [0.05, 0.1) is 0 Å². The predicted molar refractivity (Wildman–Crippen MR) is 85.6 cm³/mol. The maximum Gasteiger partial charge on any atom is 0.223 e. The van der Waals surface area contributed by atoms with Gasteiger partial charge >= 0.3 is 0 Å². The van der Waals surface area contributed by atoms with E-state index in [2.05, 4.69) is 34.2 Å². The summed E-state index contributed by atoms with van der Waals surface area (Å²) >= 11 is 3.57. The van der Waals surface area contributed by atoms with Gasteiger partial charge in [0, 0.05) is 36.6 Å². The third kappa shape index (κ3) is 4.32. The summed E-state index contributed by atoms with van der Waals surface area (Å²) in [6.07, 6.45) is 4.18. The van der Waals surface area contributed by atoms with Crippen LogP contribution in [0.4, 0.5) is 0 Å². The number of hydrogen-bond donors (Lipinski definition) is 1. The van der Waals surface area contributed by atoms with E-state index in [-0.39, 0.29) is 11.9 Å². The van der Waals surface area contributed by atoms with Gasteiger partial charge < -0.3 is 10.2 Å². The zero-order valence-electron chi connectivity index (χ0n) is 12.1. The highest BCUT2D eigenvalue weighted by Crippen LogP contribution is 2.22. The Labute approximate surface area is 129 Å². The minimum absolute atomic E-state index is 0.250. The fraction of sp³-hybridized carbons (Fsp3) is 0.562. The van der Waals surface area contributed by atoms with E-state index < -0.39 is 0 Å². The van der Waals surface area contributed by atoms with Crippen LogP contribution in [0, 0.1) is 0 Å². The van der Waals surface area contributed by atoms with Crippen molar-refractivity contribution in [3.05, 3.63) is 34.3 Å². The Bertz CT molecular complexity index is 444. The van der Waals surface area contributed by atoms with E-state index in [4.69, 9.17) is 0 Å². The summed E-state index contributed by atoms with van der Waals surface area (Å²) in [7, 11) is 0. The lowest BCUT2D eigenvalue weighted by Gasteiger charge is -2.27. The molecule has 1 saturated heterocycles. The van der Waals surface area contributed by atoms with E-state index in [0.717, 1.165) is 36.9 Å². The Morgan fingerprint density at radius 3 is 2.70 bits per heavy atom. The molecule has 0 aliphatic carbocycles. The number of amides is 1. The number of hydrogen-bond acceptors (Lipinski definition) is 2. The van der Waals surface area contributed by atoms with Gasteiger partial charge in [-0.2, -0.15) is 0 Å². The van der Waals surface area contributed by atoms with Crippen molar-refractivity contribution < 1.29 is 4.79 Å². The molecule has 2 rings (SSSR count). The third-order valence-electron chi connectivity index (χ3n) is 3.87. The molecule has 1 amide bonds. The second-order valence-corrected chi connectivity index (χ2v) is 6.24. The van der Waals surface area contributed by atoms with E-state index in [0.29, 0.717) is 6.42 Å². The molecule has 1 heterocycles. The largest absolute Gasteiger partial charge is 0.343 e. The normalized spacial score (nSPS) is 17.0. The molecule has 20 heavy (non-hydrogen) atoms. The molecule has 3 nitrogen and oxygen atoms in total. The Balaban J connectivity index is 1.75. The molecule has 0 bridgehead atoms. The summed E-state index contributed by atoms with van der Waals surface area (Å²) in [5.74, 6) is 0.288. The molecule has 1 aromatic carbocycles. The van der Waals surface area contributed by atoms with Crippen LogP contribution in [-0.4, -0.2) is 30.4 Å². The molecule has 1 aliphatic rings. The van der Waals surface area contributed by atoms with Gasteiger partial charge in [0.1, 0.15) is 0 Å². The quantitative estimate of drug-likeness (QED) is 0.890. The van der Waals surface area contributed by atoms with Gasteiger partial charge in [0.2, 0.25) is 5.91 Å². The van der Waals surface area contributed by atoms with Crippen LogP contribution in [0.5, 0.6) is 0 Å². The van der Waals surface area contributed by atoms with Crippen molar-refractivity contribution in [2.75, 3.05) is 19.6 Å². The van der Waals surface area contributed by atoms with Crippen LogP contribution in [0.3, 0.4) is 0 Å². The van der Waals surface area contributed by atoms with Crippen molar-refractivity contribution in [1.29, 1.82) is 0 Å². The first kappa shape index (κ1) is 15.5. The van der Waals surface area contributed by atoms with Gasteiger partial charge in [0.15, 0.2) is 0 Å². The van der Waals surface area contributed by atoms with E-state index in [9.17, 15) is 4.79 Å². The molecule has 1 N–H and O–H groups in total. The molecule has 1 atom stereocenters. The molecule has 1 aromatic rings. The summed E-state index contributed by atoms with van der Waals surface area (Å²) in [6, 6.07) is 8.46. The molecule has 1 aliphatic heterocycles. The number of likely N-dealkylation sites (tertiary alicyclic amines) is 1. The maximum atomic E-state index is 12.1.